The lowest BCUT2D eigenvalue weighted by Gasteiger charge is -2.41. The zero-order valence-corrected chi connectivity index (χ0v) is 8.19. The van der Waals surface area contributed by atoms with Gasteiger partial charge in [0.15, 0.2) is 0 Å². The first-order valence-corrected chi connectivity index (χ1v) is 5.01. The van der Waals surface area contributed by atoms with Gasteiger partial charge in [-0.3, -0.25) is 9.69 Å². The van der Waals surface area contributed by atoms with E-state index in [-0.39, 0.29) is 12.5 Å². The van der Waals surface area contributed by atoms with Crippen LogP contribution >= 0.6 is 0 Å². The molecule has 5 heteroatoms. The number of ether oxygens (including phenoxy) is 1. The number of rotatable bonds is 3. The van der Waals surface area contributed by atoms with Gasteiger partial charge in [0.2, 0.25) is 5.91 Å². The summed E-state index contributed by atoms with van der Waals surface area (Å²) in [6, 6.07) is 0.440. The van der Waals surface area contributed by atoms with Gasteiger partial charge in [-0.25, -0.2) is 0 Å². The summed E-state index contributed by atoms with van der Waals surface area (Å²) in [7, 11) is 0. The molecule has 0 aromatic rings. The molecule has 0 saturated carbocycles. The lowest BCUT2D eigenvalue weighted by atomic mass is 10.2. The van der Waals surface area contributed by atoms with Gasteiger partial charge in [0.1, 0.15) is 0 Å². The molecule has 0 unspecified atom stereocenters. The van der Waals surface area contributed by atoms with Crippen molar-refractivity contribution in [1.29, 1.82) is 0 Å². The second-order valence-electron chi connectivity index (χ2n) is 3.77. The molecule has 2 heterocycles. The fourth-order valence-electron chi connectivity index (χ4n) is 1.83. The summed E-state index contributed by atoms with van der Waals surface area (Å²) < 4.78 is 5.09. The Labute approximate surface area is 83.2 Å². The lowest BCUT2D eigenvalue weighted by molar-refractivity contribution is -0.143. The van der Waals surface area contributed by atoms with Crippen molar-refractivity contribution >= 4 is 5.91 Å². The zero-order valence-electron chi connectivity index (χ0n) is 8.19. The van der Waals surface area contributed by atoms with Crippen molar-refractivity contribution in [2.45, 2.75) is 6.04 Å². The molecule has 2 aliphatic rings. The van der Waals surface area contributed by atoms with Crippen LogP contribution in [0.2, 0.25) is 0 Å². The minimum Gasteiger partial charge on any atom is -0.395 e. The predicted octanol–water partition coefficient (Wildman–Crippen LogP) is -1.48. The van der Waals surface area contributed by atoms with E-state index < -0.39 is 0 Å². The number of hydrogen-bond acceptors (Lipinski definition) is 4. The van der Waals surface area contributed by atoms with Gasteiger partial charge in [-0.2, -0.15) is 0 Å². The van der Waals surface area contributed by atoms with Crippen molar-refractivity contribution in [1.82, 2.24) is 9.80 Å². The van der Waals surface area contributed by atoms with E-state index in [1.165, 1.54) is 0 Å². The van der Waals surface area contributed by atoms with Crippen LogP contribution in [-0.2, 0) is 9.53 Å². The van der Waals surface area contributed by atoms with Crippen molar-refractivity contribution in [3.63, 3.8) is 0 Å². The van der Waals surface area contributed by atoms with E-state index in [1.54, 1.807) is 4.90 Å². The van der Waals surface area contributed by atoms with E-state index >= 15 is 0 Å². The largest absolute Gasteiger partial charge is 0.395 e. The first-order valence-electron chi connectivity index (χ1n) is 5.01. The van der Waals surface area contributed by atoms with Gasteiger partial charge in [0.25, 0.3) is 0 Å². The highest BCUT2D eigenvalue weighted by Crippen LogP contribution is 2.13. The smallest absolute Gasteiger partial charge is 0.236 e. The van der Waals surface area contributed by atoms with E-state index in [0.29, 0.717) is 19.1 Å². The Kier molecular flexibility index (Phi) is 3.00. The molecule has 0 bridgehead atoms. The van der Waals surface area contributed by atoms with E-state index in [1.807, 2.05) is 0 Å². The molecule has 0 aromatic carbocycles. The molecule has 0 spiro atoms. The second kappa shape index (κ2) is 4.25. The Morgan fingerprint density at radius 2 is 2.21 bits per heavy atom. The highest BCUT2D eigenvalue weighted by atomic mass is 16.5. The lowest BCUT2D eigenvalue weighted by Crippen LogP contribution is -2.58. The van der Waals surface area contributed by atoms with Crippen LogP contribution in [0, 0.1) is 0 Å². The number of aliphatic hydroxyl groups excluding tert-OH is 1. The van der Waals surface area contributed by atoms with Gasteiger partial charge in [0, 0.05) is 19.6 Å². The number of nitrogens with zero attached hydrogens (tertiary/aromatic N) is 2. The number of hydrogen-bond donors (Lipinski definition) is 1. The summed E-state index contributed by atoms with van der Waals surface area (Å²) >= 11 is 0. The van der Waals surface area contributed by atoms with Crippen LogP contribution in [0.4, 0.5) is 0 Å². The van der Waals surface area contributed by atoms with Gasteiger partial charge >= 0.3 is 0 Å². The van der Waals surface area contributed by atoms with Gasteiger partial charge in [-0.1, -0.05) is 0 Å². The average Bonchev–Trinajstić information content (AvgIpc) is 2.07. The quantitative estimate of drug-likeness (QED) is 0.604. The molecular formula is C9H16N2O3. The highest BCUT2D eigenvalue weighted by Gasteiger charge is 2.32. The number of piperazine rings is 1. The van der Waals surface area contributed by atoms with Crippen LogP contribution in [-0.4, -0.2) is 72.9 Å². The SMILES string of the molecule is O=C1CN(C2COC2)CCN1CCO. The van der Waals surface area contributed by atoms with Crippen molar-refractivity contribution in [2.24, 2.45) is 0 Å². The fraction of sp³-hybridized carbons (Fsp3) is 0.889. The van der Waals surface area contributed by atoms with Crippen LogP contribution in [0.5, 0.6) is 0 Å². The summed E-state index contributed by atoms with van der Waals surface area (Å²) in [5.74, 6) is 0.122. The van der Waals surface area contributed by atoms with E-state index in [9.17, 15) is 4.79 Å². The third-order valence-corrected chi connectivity index (χ3v) is 2.85. The molecule has 2 saturated heterocycles. The highest BCUT2D eigenvalue weighted by molar-refractivity contribution is 5.79. The predicted molar refractivity (Wildman–Crippen MR) is 49.8 cm³/mol. The Balaban J connectivity index is 1.82. The van der Waals surface area contributed by atoms with Crippen LogP contribution in [0.25, 0.3) is 0 Å². The first kappa shape index (κ1) is 9.89. The molecule has 2 rings (SSSR count). The number of carbonyl (C=O) groups excluding carboxylic acids is 1. The average molecular weight is 200 g/mol. The molecule has 0 radical (unpaired) electrons. The molecule has 2 aliphatic heterocycles. The first-order chi connectivity index (χ1) is 6.81. The minimum atomic E-state index is 0.0538. The fourth-order valence-corrected chi connectivity index (χ4v) is 1.83. The number of β-amino-alcohol motifs (C(OH)–C–C–N with tert-alkyl or cyclic N) is 1. The molecule has 1 amide bonds. The van der Waals surface area contributed by atoms with Crippen molar-refractivity contribution in [3.05, 3.63) is 0 Å². The molecule has 80 valence electrons. The molecule has 14 heavy (non-hydrogen) atoms. The number of aliphatic hydroxyl groups is 1. The summed E-state index contributed by atoms with van der Waals surface area (Å²) in [5.41, 5.74) is 0. The molecule has 0 aliphatic carbocycles. The maximum absolute atomic E-state index is 11.6. The third kappa shape index (κ3) is 1.89. The summed E-state index contributed by atoms with van der Waals surface area (Å²) in [5, 5.41) is 8.74. The molecule has 5 nitrogen and oxygen atoms in total. The monoisotopic (exact) mass is 200 g/mol. The Morgan fingerprint density at radius 3 is 2.71 bits per heavy atom. The van der Waals surface area contributed by atoms with Gasteiger partial charge in [-0.05, 0) is 0 Å². The number of amides is 1. The van der Waals surface area contributed by atoms with E-state index in [0.717, 1.165) is 26.3 Å². The maximum Gasteiger partial charge on any atom is 0.236 e. The van der Waals surface area contributed by atoms with Gasteiger partial charge in [-0.15, -0.1) is 0 Å². The Bertz CT molecular complexity index is 218. The summed E-state index contributed by atoms with van der Waals surface area (Å²) in [6.07, 6.45) is 0. The van der Waals surface area contributed by atoms with E-state index in [4.69, 9.17) is 9.84 Å². The number of carbonyl (C=O) groups is 1. The maximum atomic E-state index is 11.6. The minimum absolute atomic E-state index is 0.0538. The Hall–Kier alpha value is -0.650. The van der Waals surface area contributed by atoms with Crippen molar-refractivity contribution < 1.29 is 14.6 Å². The van der Waals surface area contributed by atoms with Crippen LogP contribution in [0.3, 0.4) is 0 Å². The Morgan fingerprint density at radius 1 is 1.43 bits per heavy atom. The van der Waals surface area contributed by atoms with Gasteiger partial charge in [0.05, 0.1) is 32.4 Å². The van der Waals surface area contributed by atoms with E-state index in [2.05, 4.69) is 4.90 Å². The molecule has 2 fully saturated rings. The summed E-state index contributed by atoms with van der Waals surface area (Å²) in [6.45, 7) is 4.15. The zero-order chi connectivity index (χ0) is 9.97. The third-order valence-electron chi connectivity index (χ3n) is 2.85. The van der Waals surface area contributed by atoms with Crippen molar-refractivity contribution in [3.8, 4) is 0 Å². The van der Waals surface area contributed by atoms with Crippen LogP contribution in [0.15, 0.2) is 0 Å². The summed E-state index contributed by atoms with van der Waals surface area (Å²) in [4.78, 5) is 15.5. The van der Waals surface area contributed by atoms with Gasteiger partial charge < -0.3 is 14.7 Å². The molecule has 0 aromatic heterocycles. The van der Waals surface area contributed by atoms with Crippen molar-refractivity contribution in [2.75, 3.05) is 46.0 Å². The van der Waals surface area contributed by atoms with Crippen LogP contribution < -0.4 is 0 Å². The topological polar surface area (TPSA) is 53.0 Å². The molecule has 1 N–H and O–H groups in total. The van der Waals surface area contributed by atoms with Crippen LogP contribution in [0.1, 0.15) is 0 Å². The standard InChI is InChI=1S/C9H16N2O3/c12-4-3-10-1-2-11(5-9(10)13)8-6-14-7-8/h8,12H,1-7H2. The molecule has 0 atom stereocenters. The molecular weight excluding hydrogens is 184 g/mol. The second-order valence-corrected chi connectivity index (χ2v) is 3.77. The normalized spacial score (nSPS) is 25.2.